The number of likely N-dealkylation sites (tertiary alicyclic amines) is 1. The Balaban J connectivity index is 2.04. The zero-order chi connectivity index (χ0) is 19.6. The number of carboxylic acid groups (broad SMARTS) is 1. The molecule has 1 saturated heterocycles. The van der Waals surface area contributed by atoms with Crippen molar-refractivity contribution in [1.82, 2.24) is 4.90 Å². The van der Waals surface area contributed by atoms with Gasteiger partial charge in [0.15, 0.2) is 0 Å². The summed E-state index contributed by atoms with van der Waals surface area (Å²) in [5.74, 6) is -1.93. The molecule has 1 heterocycles. The van der Waals surface area contributed by atoms with E-state index < -0.39 is 35.5 Å². The number of hydrogen-bond donors (Lipinski definition) is 1. The van der Waals surface area contributed by atoms with Crippen LogP contribution in [0.4, 0.5) is 17.6 Å². The number of rotatable bonds is 4. The maximum absolute atomic E-state index is 13.8. The van der Waals surface area contributed by atoms with Crippen LogP contribution in [0.15, 0.2) is 48.5 Å². The Kier molecular flexibility index (Phi) is 5.51. The number of carboxylic acids is 1. The van der Waals surface area contributed by atoms with E-state index in [0.29, 0.717) is 31.5 Å². The number of hydrogen-bond acceptors (Lipinski definition) is 2. The lowest BCUT2D eigenvalue weighted by molar-refractivity contribution is -0.143. The summed E-state index contributed by atoms with van der Waals surface area (Å²) in [5.41, 5.74) is -0.301. The van der Waals surface area contributed by atoms with Crippen LogP contribution in [0.2, 0.25) is 0 Å². The summed E-state index contributed by atoms with van der Waals surface area (Å²) in [7, 11) is 0. The van der Waals surface area contributed by atoms with E-state index >= 15 is 0 Å². The minimum absolute atomic E-state index is 0.0457. The van der Waals surface area contributed by atoms with Crippen molar-refractivity contribution in [3.63, 3.8) is 0 Å². The van der Waals surface area contributed by atoms with Crippen LogP contribution < -0.4 is 0 Å². The van der Waals surface area contributed by atoms with Gasteiger partial charge in [0.1, 0.15) is 5.82 Å². The van der Waals surface area contributed by atoms with Gasteiger partial charge >= 0.3 is 12.1 Å². The van der Waals surface area contributed by atoms with E-state index in [0.717, 1.165) is 6.07 Å². The quantitative estimate of drug-likeness (QED) is 0.779. The first-order valence-electron chi connectivity index (χ1n) is 8.66. The van der Waals surface area contributed by atoms with Gasteiger partial charge in [-0.1, -0.05) is 30.3 Å². The zero-order valence-electron chi connectivity index (χ0n) is 14.4. The number of nitrogens with zero attached hydrogens (tertiary/aromatic N) is 1. The highest BCUT2D eigenvalue weighted by molar-refractivity contribution is 5.70. The molecule has 3 nitrogen and oxygen atoms in total. The number of aliphatic carboxylic acids is 1. The van der Waals surface area contributed by atoms with Gasteiger partial charge in [0.05, 0.1) is 17.5 Å². The Labute approximate surface area is 154 Å². The average molecular weight is 381 g/mol. The largest absolute Gasteiger partial charge is 0.481 e. The summed E-state index contributed by atoms with van der Waals surface area (Å²) in [4.78, 5) is 13.0. The highest BCUT2D eigenvalue weighted by Gasteiger charge is 2.38. The van der Waals surface area contributed by atoms with Gasteiger partial charge in [-0.25, -0.2) is 4.39 Å². The van der Waals surface area contributed by atoms with Crippen molar-refractivity contribution in [1.29, 1.82) is 0 Å². The molecule has 0 radical (unpaired) electrons. The van der Waals surface area contributed by atoms with Crippen LogP contribution in [0.25, 0.3) is 0 Å². The standard InChI is InChI=1S/C20H19F4NO2/c21-15-5-3-4-14(12-15)18(25-10-8-13(9-11-25)19(26)27)16-6-1-2-7-17(16)20(22,23)24/h1-7,12-13,18H,8-11H2,(H,26,27). The van der Waals surface area contributed by atoms with E-state index in [1.807, 2.05) is 0 Å². The minimum atomic E-state index is -4.54. The lowest BCUT2D eigenvalue weighted by atomic mass is 9.89. The summed E-state index contributed by atoms with van der Waals surface area (Å²) in [5, 5.41) is 9.17. The molecule has 144 valence electrons. The normalized spacial score (nSPS) is 17.6. The zero-order valence-corrected chi connectivity index (χ0v) is 14.4. The van der Waals surface area contributed by atoms with Gasteiger partial charge in [-0.3, -0.25) is 9.69 Å². The van der Waals surface area contributed by atoms with Crippen molar-refractivity contribution in [2.24, 2.45) is 5.92 Å². The molecule has 0 saturated carbocycles. The Morgan fingerprint density at radius 2 is 1.74 bits per heavy atom. The van der Waals surface area contributed by atoms with Crippen LogP contribution in [0.1, 0.15) is 35.6 Å². The van der Waals surface area contributed by atoms with Crippen molar-refractivity contribution in [3.8, 4) is 0 Å². The molecule has 1 N–H and O–H groups in total. The van der Waals surface area contributed by atoms with E-state index in [2.05, 4.69) is 0 Å². The molecule has 1 aliphatic heterocycles. The van der Waals surface area contributed by atoms with Crippen LogP contribution >= 0.6 is 0 Å². The van der Waals surface area contributed by atoms with E-state index in [1.54, 1.807) is 11.0 Å². The molecule has 27 heavy (non-hydrogen) atoms. The summed E-state index contributed by atoms with van der Waals surface area (Å²) >= 11 is 0. The molecule has 3 rings (SSSR count). The lowest BCUT2D eigenvalue weighted by Gasteiger charge is -2.38. The summed E-state index contributed by atoms with van der Waals surface area (Å²) in [6, 6.07) is 10.0. The van der Waals surface area contributed by atoms with E-state index in [-0.39, 0.29) is 5.56 Å². The molecule has 2 aromatic rings. The maximum atomic E-state index is 13.8. The van der Waals surface area contributed by atoms with E-state index in [4.69, 9.17) is 5.11 Å². The molecular weight excluding hydrogens is 362 g/mol. The maximum Gasteiger partial charge on any atom is 0.416 e. The van der Waals surface area contributed by atoms with Crippen LogP contribution in [0.3, 0.4) is 0 Å². The van der Waals surface area contributed by atoms with Crippen molar-refractivity contribution >= 4 is 5.97 Å². The SMILES string of the molecule is O=C(O)C1CCN(C(c2cccc(F)c2)c2ccccc2C(F)(F)F)CC1. The second-order valence-corrected chi connectivity index (χ2v) is 6.69. The third kappa shape index (κ3) is 4.30. The molecule has 2 aromatic carbocycles. The molecule has 1 aliphatic rings. The molecule has 0 spiro atoms. The van der Waals surface area contributed by atoms with Gasteiger partial charge in [0.2, 0.25) is 0 Å². The van der Waals surface area contributed by atoms with E-state index in [1.165, 1.54) is 36.4 Å². The van der Waals surface area contributed by atoms with Crippen molar-refractivity contribution in [2.75, 3.05) is 13.1 Å². The highest BCUT2D eigenvalue weighted by atomic mass is 19.4. The van der Waals surface area contributed by atoms with Gasteiger partial charge in [-0.05, 0) is 55.3 Å². The average Bonchev–Trinajstić information content (AvgIpc) is 2.62. The lowest BCUT2D eigenvalue weighted by Crippen LogP contribution is -2.39. The molecule has 0 bridgehead atoms. The van der Waals surface area contributed by atoms with Crippen LogP contribution in [0.5, 0.6) is 0 Å². The predicted molar refractivity (Wildman–Crippen MR) is 91.6 cm³/mol. The van der Waals surface area contributed by atoms with Gasteiger partial charge < -0.3 is 5.11 Å². The number of carbonyl (C=O) groups is 1. The number of benzene rings is 2. The molecular formula is C20H19F4NO2. The smallest absolute Gasteiger partial charge is 0.416 e. The minimum Gasteiger partial charge on any atom is -0.481 e. The fraction of sp³-hybridized carbons (Fsp3) is 0.350. The summed E-state index contributed by atoms with van der Waals surface area (Å²) < 4.78 is 54.5. The van der Waals surface area contributed by atoms with Gasteiger partial charge in [0, 0.05) is 0 Å². The Bertz CT molecular complexity index is 814. The number of piperidine rings is 1. The Hall–Kier alpha value is -2.41. The Morgan fingerprint density at radius 3 is 2.33 bits per heavy atom. The molecule has 0 amide bonds. The van der Waals surface area contributed by atoms with Gasteiger partial charge in [-0.15, -0.1) is 0 Å². The second-order valence-electron chi connectivity index (χ2n) is 6.69. The Morgan fingerprint density at radius 1 is 1.07 bits per heavy atom. The van der Waals surface area contributed by atoms with Gasteiger partial charge in [-0.2, -0.15) is 13.2 Å². The fourth-order valence-electron chi connectivity index (χ4n) is 3.66. The van der Waals surface area contributed by atoms with E-state index in [9.17, 15) is 22.4 Å². The summed E-state index contributed by atoms with van der Waals surface area (Å²) in [6.45, 7) is 0.647. The second kappa shape index (κ2) is 7.68. The van der Waals surface area contributed by atoms with Crippen molar-refractivity contribution in [3.05, 3.63) is 71.0 Å². The van der Waals surface area contributed by atoms with Crippen LogP contribution in [-0.4, -0.2) is 29.1 Å². The summed E-state index contributed by atoms with van der Waals surface area (Å²) in [6.07, 6.45) is -3.85. The molecule has 0 aliphatic carbocycles. The van der Waals surface area contributed by atoms with Crippen molar-refractivity contribution in [2.45, 2.75) is 25.1 Å². The van der Waals surface area contributed by atoms with Crippen molar-refractivity contribution < 1.29 is 27.5 Å². The first-order valence-corrected chi connectivity index (χ1v) is 8.66. The third-order valence-electron chi connectivity index (χ3n) is 4.97. The number of halogens is 4. The first kappa shape index (κ1) is 19.4. The highest BCUT2D eigenvalue weighted by Crippen LogP contribution is 2.40. The fourth-order valence-corrected chi connectivity index (χ4v) is 3.66. The van der Waals surface area contributed by atoms with Gasteiger partial charge in [0.25, 0.3) is 0 Å². The van der Waals surface area contributed by atoms with Crippen LogP contribution in [-0.2, 0) is 11.0 Å². The third-order valence-corrected chi connectivity index (χ3v) is 4.97. The molecule has 1 unspecified atom stereocenters. The predicted octanol–water partition coefficient (Wildman–Crippen LogP) is 4.73. The topological polar surface area (TPSA) is 40.5 Å². The van der Waals surface area contributed by atoms with Crippen LogP contribution in [0, 0.1) is 11.7 Å². The molecule has 1 atom stereocenters. The molecule has 1 fully saturated rings. The monoisotopic (exact) mass is 381 g/mol. The first-order chi connectivity index (χ1) is 12.8. The molecule has 7 heteroatoms. The molecule has 0 aromatic heterocycles. The number of alkyl halides is 3.